The number of hydrogen-bond donors (Lipinski definition) is 1. The van der Waals surface area contributed by atoms with Gasteiger partial charge in [0.15, 0.2) is 0 Å². The van der Waals surface area contributed by atoms with Gasteiger partial charge in [0.05, 0.1) is 19.0 Å². The van der Waals surface area contributed by atoms with Crippen molar-refractivity contribution in [3.05, 3.63) is 35.9 Å². The lowest BCUT2D eigenvalue weighted by molar-refractivity contribution is -0.137. The zero-order chi connectivity index (χ0) is 15.7. The maximum absolute atomic E-state index is 12.1. The molecule has 1 N–H and O–H groups in total. The van der Waals surface area contributed by atoms with Crippen molar-refractivity contribution in [2.24, 2.45) is 0 Å². The van der Waals surface area contributed by atoms with Gasteiger partial charge < -0.3 is 9.84 Å². The first kappa shape index (κ1) is 17.6. The number of nitrogens with zero attached hydrogens (tertiary/aromatic N) is 1. The van der Waals surface area contributed by atoms with Gasteiger partial charge in [0.25, 0.3) is 0 Å². The third kappa shape index (κ3) is 6.70. The van der Waals surface area contributed by atoms with Gasteiger partial charge in [-0.25, -0.2) is 8.42 Å². The molecular weight excluding hydrogens is 294 g/mol. The summed E-state index contributed by atoms with van der Waals surface area (Å²) in [5, 5.41) is 8.76. The number of rotatable bonds is 10. The number of benzene rings is 1. The van der Waals surface area contributed by atoms with Gasteiger partial charge in [-0.2, -0.15) is 4.31 Å². The molecule has 0 saturated heterocycles. The van der Waals surface area contributed by atoms with Crippen LogP contribution in [0.5, 0.6) is 0 Å². The van der Waals surface area contributed by atoms with E-state index in [0.717, 1.165) is 9.87 Å². The summed E-state index contributed by atoms with van der Waals surface area (Å²) in [7, 11) is -3.61. The molecule has 0 aliphatic carbocycles. The molecule has 0 radical (unpaired) electrons. The number of carboxylic acids is 1. The number of hydrogen-bond acceptors (Lipinski definition) is 4. The van der Waals surface area contributed by atoms with Crippen molar-refractivity contribution in [3.63, 3.8) is 0 Å². The van der Waals surface area contributed by atoms with Gasteiger partial charge in [0, 0.05) is 6.54 Å². The highest BCUT2D eigenvalue weighted by atomic mass is 32.2. The van der Waals surface area contributed by atoms with Crippen LogP contribution in [0.3, 0.4) is 0 Å². The normalized spacial score (nSPS) is 11.7. The Morgan fingerprint density at radius 2 is 1.95 bits per heavy atom. The standard InChI is InChI=1S/C14H21NO5S/c1-2-8-15(11-14(16)17)21(18,19)10-9-20-12-13-6-4-3-5-7-13/h3-7H,2,8-12H2,1H3,(H,16,17). The molecule has 21 heavy (non-hydrogen) atoms. The SMILES string of the molecule is CCCN(CC(=O)O)S(=O)(=O)CCOCc1ccccc1. The second-order valence-corrected chi connectivity index (χ2v) is 6.67. The minimum Gasteiger partial charge on any atom is -0.480 e. The van der Waals surface area contributed by atoms with E-state index in [1.54, 1.807) is 6.92 Å². The van der Waals surface area contributed by atoms with Crippen molar-refractivity contribution in [2.75, 3.05) is 25.4 Å². The minimum atomic E-state index is -3.61. The molecular formula is C14H21NO5S. The Morgan fingerprint density at radius 3 is 2.52 bits per heavy atom. The third-order valence-corrected chi connectivity index (χ3v) is 4.56. The smallest absolute Gasteiger partial charge is 0.318 e. The Balaban J connectivity index is 2.45. The maximum Gasteiger partial charge on any atom is 0.318 e. The van der Waals surface area contributed by atoms with E-state index in [-0.39, 0.29) is 18.9 Å². The molecule has 0 heterocycles. The quantitative estimate of drug-likeness (QED) is 0.659. The van der Waals surface area contributed by atoms with Crippen LogP contribution in [0, 0.1) is 0 Å². The van der Waals surface area contributed by atoms with E-state index >= 15 is 0 Å². The molecule has 118 valence electrons. The zero-order valence-electron chi connectivity index (χ0n) is 12.1. The number of sulfonamides is 1. The highest BCUT2D eigenvalue weighted by Crippen LogP contribution is 2.05. The first-order chi connectivity index (χ1) is 9.95. The first-order valence-electron chi connectivity index (χ1n) is 6.77. The summed E-state index contributed by atoms with van der Waals surface area (Å²) >= 11 is 0. The Labute approximate surface area is 125 Å². The molecule has 1 aromatic rings. The molecule has 7 heteroatoms. The Hall–Kier alpha value is -1.44. The van der Waals surface area contributed by atoms with Gasteiger partial charge in [-0.3, -0.25) is 4.79 Å². The lowest BCUT2D eigenvalue weighted by Crippen LogP contribution is -2.38. The van der Waals surface area contributed by atoms with Gasteiger partial charge in [-0.05, 0) is 12.0 Å². The number of ether oxygens (including phenoxy) is 1. The molecule has 1 rings (SSSR count). The molecule has 0 fully saturated rings. The summed E-state index contributed by atoms with van der Waals surface area (Å²) in [4.78, 5) is 10.7. The predicted octanol–water partition coefficient (Wildman–Crippen LogP) is 1.33. The van der Waals surface area contributed by atoms with E-state index in [9.17, 15) is 13.2 Å². The van der Waals surface area contributed by atoms with Crippen molar-refractivity contribution >= 4 is 16.0 Å². The largest absolute Gasteiger partial charge is 0.480 e. The molecule has 0 aromatic heterocycles. The summed E-state index contributed by atoms with van der Waals surface area (Å²) in [5.41, 5.74) is 0.964. The molecule has 0 aliphatic rings. The van der Waals surface area contributed by atoms with Crippen molar-refractivity contribution in [2.45, 2.75) is 20.0 Å². The van der Waals surface area contributed by atoms with E-state index in [1.165, 1.54) is 0 Å². The molecule has 0 bridgehead atoms. The summed E-state index contributed by atoms with van der Waals surface area (Å²) in [5.74, 6) is -1.37. The van der Waals surface area contributed by atoms with Gasteiger partial charge in [-0.1, -0.05) is 37.3 Å². The molecule has 0 saturated carbocycles. The van der Waals surface area contributed by atoms with Crippen LogP contribution in [0.4, 0.5) is 0 Å². The van der Waals surface area contributed by atoms with Crippen LogP contribution >= 0.6 is 0 Å². The van der Waals surface area contributed by atoms with Crippen LogP contribution < -0.4 is 0 Å². The lowest BCUT2D eigenvalue weighted by atomic mass is 10.2. The van der Waals surface area contributed by atoms with E-state index in [2.05, 4.69) is 0 Å². The number of carboxylic acid groups (broad SMARTS) is 1. The van der Waals surface area contributed by atoms with Crippen LogP contribution in [0.1, 0.15) is 18.9 Å². The molecule has 0 atom stereocenters. The lowest BCUT2D eigenvalue weighted by Gasteiger charge is -2.19. The minimum absolute atomic E-state index is 0.0388. The van der Waals surface area contributed by atoms with Crippen LogP contribution in [0.2, 0.25) is 0 Å². The van der Waals surface area contributed by atoms with Crippen LogP contribution in [0.15, 0.2) is 30.3 Å². The summed E-state index contributed by atoms with van der Waals surface area (Å²) < 4.78 is 30.4. The number of carbonyl (C=O) groups is 1. The zero-order valence-corrected chi connectivity index (χ0v) is 12.9. The maximum atomic E-state index is 12.1. The van der Waals surface area contributed by atoms with Crippen LogP contribution in [-0.2, 0) is 26.2 Å². The van der Waals surface area contributed by atoms with E-state index in [4.69, 9.17) is 9.84 Å². The van der Waals surface area contributed by atoms with Crippen LogP contribution in [-0.4, -0.2) is 49.2 Å². The highest BCUT2D eigenvalue weighted by Gasteiger charge is 2.23. The van der Waals surface area contributed by atoms with Crippen LogP contribution in [0.25, 0.3) is 0 Å². The first-order valence-corrected chi connectivity index (χ1v) is 8.38. The van der Waals surface area contributed by atoms with Gasteiger partial charge in [0.1, 0.15) is 6.54 Å². The van der Waals surface area contributed by atoms with Crippen molar-refractivity contribution in [3.8, 4) is 0 Å². The van der Waals surface area contributed by atoms with Gasteiger partial charge >= 0.3 is 5.97 Å². The molecule has 0 unspecified atom stereocenters. The number of aliphatic carboxylic acids is 1. The summed E-state index contributed by atoms with van der Waals surface area (Å²) in [6.45, 7) is 1.87. The van der Waals surface area contributed by atoms with Gasteiger partial charge in [-0.15, -0.1) is 0 Å². The Kier molecular flexibility index (Phi) is 7.35. The summed E-state index contributed by atoms with van der Waals surface area (Å²) in [6, 6.07) is 9.43. The average Bonchev–Trinajstić information content (AvgIpc) is 2.44. The molecule has 0 amide bonds. The molecule has 1 aromatic carbocycles. The fourth-order valence-electron chi connectivity index (χ4n) is 1.77. The second-order valence-electron chi connectivity index (χ2n) is 4.58. The van der Waals surface area contributed by atoms with E-state index in [1.807, 2.05) is 30.3 Å². The Morgan fingerprint density at radius 1 is 1.29 bits per heavy atom. The molecule has 0 aliphatic heterocycles. The fraction of sp³-hybridized carbons (Fsp3) is 0.500. The highest BCUT2D eigenvalue weighted by molar-refractivity contribution is 7.89. The van der Waals surface area contributed by atoms with Crippen molar-refractivity contribution in [1.82, 2.24) is 4.31 Å². The molecule has 0 spiro atoms. The average molecular weight is 315 g/mol. The Bertz CT molecular complexity index is 530. The molecule has 6 nitrogen and oxygen atoms in total. The van der Waals surface area contributed by atoms with Crippen molar-refractivity contribution in [1.29, 1.82) is 0 Å². The second kappa shape index (κ2) is 8.76. The fourth-order valence-corrected chi connectivity index (χ4v) is 3.13. The van der Waals surface area contributed by atoms with Crippen molar-refractivity contribution < 1.29 is 23.1 Å². The monoisotopic (exact) mass is 315 g/mol. The third-order valence-electron chi connectivity index (χ3n) is 2.78. The van der Waals surface area contributed by atoms with Gasteiger partial charge in [0.2, 0.25) is 10.0 Å². The van der Waals surface area contributed by atoms with E-state index < -0.39 is 22.5 Å². The topological polar surface area (TPSA) is 83.9 Å². The van der Waals surface area contributed by atoms with E-state index in [0.29, 0.717) is 13.0 Å². The summed E-state index contributed by atoms with van der Waals surface area (Å²) in [6.07, 6.45) is 0.567. The predicted molar refractivity (Wildman–Crippen MR) is 79.4 cm³/mol.